The number of hydrogen-bond donors (Lipinski definition) is 0. The number of halogens is 4. The van der Waals surface area contributed by atoms with Gasteiger partial charge in [-0.3, -0.25) is 14.8 Å². The first kappa shape index (κ1) is 19.2. The third-order valence-electron chi connectivity index (χ3n) is 4.66. The van der Waals surface area contributed by atoms with Gasteiger partial charge in [-0.25, -0.2) is 4.98 Å². The summed E-state index contributed by atoms with van der Waals surface area (Å²) in [5.74, 6) is -0.143. The summed E-state index contributed by atoms with van der Waals surface area (Å²) in [4.78, 5) is 25.8. The number of carbonyl (C=O) groups excluding carboxylic acids is 1. The van der Waals surface area contributed by atoms with E-state index in [-0.39, 0.29) is 12.1 Å². The van der Waals surface area contributed by atoms with Gasteiger partial charge in [0.25, 0.3) is 5.91 Å². The van der Waals surface area contributed by atoms with Gasteiger partial charge in [-0.05, 0) is 13.0 Å². The summed E-state index contributed by atoms with van der Waals surface area (Å²) in [6.07, 6.45) is 1.15. The van der Waals surface area contributed by atoms with Crippen LogP contribution in [0.25, 0.3) is 5.82 Å². The van der Waals surface area contributed by atoms with Crippen LogP contribution in [0.2, 0.25) is 5.02 Å². The van der Waals surface area contributed by atoms with Gasteiger partial charge < -0.3 is 4.90 Å². The van der Waals surface area contributed by atoms with Crippen molar-refractivity contribution in [1.82, 2.24) is 34.8 Å². The monoisotopic (exact) mass is 423 g/mol. The van der Waals surface area contributed by atoms with Crippen molar-refractivity contribution in [1.29, 1.82) is 0 Å². The van der Waals surface area contributed by atoms with Gasteiger partial charge in [0.1, 0.15) is 5.69 Å². The van der Waals surface area contributed by atoms with Crippen LogP contribution in [0, 0.1) is 0 Å². The topological polar surface area (TPSA) is 89.7 Å². The Morgan fingerprint density at radius 2 is 2.03 bits per heavy atom. The van der Waals surface area contributed by atoms with Crippen LogP contribution in [0.5, 0.6) is 0 Å². The molecule has 0 fully saturated rings. The van der Waals surface area contributed by atoms with Gasteiger partial charge in [0.2, 0.25) is 0 Å². The molecule has 4 heterocycles. The SMILES string of the molecule is C[C@@H]1c2nnn(-c3cnccn3)c2CCN1C(=O)c1ccnc(C(F)(F)F)c1Cl. The molecule has 12 heteroatoms. The largest absolute Gasteiger partial charge is 0.434 e. The number of carbonyl (C=O) groups is 1. The van der Waals surface area contributed by atoms with Crippen LogP contribution in [0.15, 0.2) is 30.9 Å². The molecule has 29 heavy (non-hydrogen) atoms. The van der Waals surface area contributed by atoms with Crippen LogP contribution in [0.3, 0.4) is 0 Å². The second kappa shape index (κ2) is 7.07. The average Bonchev–Trinajstić information content (AvgIpc) is 3.13. The highest BCUT2D eigenvalue weighted by molar-refractivity contribution is 6.34. The van der Waals surface area contributed by atoms with E-state index >= 15 is 0 Å². The van der Waals surface area contributed by atoms with Crippen molar-refractivity contribution in [3.05, 3.63) is 58.5 Å². The zero-order chi connectivity index (χ0) is 20.8. The quantitative estimate of drug-likeness (QED) is 0.629. The molecule has 8 nitrogen and oxygen atoms in total. The van der Waals surface area contributed by atoms with E-state index in [1.54, 1.807) is 11.6 Å². The van der Waals surface area contributed by atoms with E-state index in [1.807, 2.05) is 0 Å². The highest BCUT2D eigenvalue weighted by Gasteiger charge is 2.39. The van der Waals surface area contributed by atoms with Crippen molar-refractivity contribution in [2.45, 2.75) is 25.6 Å². The molecule has 1 aliphatic heterocycles. The minimum absolute atomic E-state index is 0.251. The van der Waals surface area contributed by atoms with Crippen molar-refractivity contribution in [2.24, 2.45) is 0 Å². The molecule has 0 N–H and O–H groups in total. The van der Waals surface area contributed by atoms with Crippen molar-refractivity contribution in [3.8, 4) is 5.82 Å². The maximum atomic E-state index is 13.1. The highest BCUT2D eigenvalue weighted by atomic mass is 35.5. The van der Waals surface area contributed by atoms with Gasteiger partial charge in [-0.15, -0.1) is 5.10 Å². The molecule has 4 rings (SSSR count). The van der Waals surface area contributed by atoms with E-state index in [0.29, 0.717) is 17.9 Å². The van der Waals surface area contributed by atoms with Crippen LogP contribution >= 0.6 is 11.6 Å². The van der Waals surface area contributed by atoms with Crippen molar-refractivity contribution in [2.75, 3.05) is 6.54 Å². The lowest BCUT2D eigenvalue weighted by Crippen LogP contribution is -2.39. The number of aromatic nitrogens is 6. The van der Waals surface area contributed by atoms with E-state index in [1.165, 1.54) is 29.6 Å². The lowest BCUT2D eigenvalue weighted by atomic mass is 10.0. The van der Waals surface area contributed by atoms with Crippen molar-refractivity contribution < 1.29 is 18.0 Å². The van der Waals surface area contributed by atoms with E-state index in [4.69, 9.17) is 11.6 Å². The maximum Gasteiger partial charge on any atom is 0.434 e. The van der Waals surface area contributed by atoms with E-state index in [0.717, 1.165) is 11.9 Å². The molecule has 0 saturated heterocycles. The smallest absolute Gasteiger partial charge is 0.330 e. The molecule has 0 saturated carbocycles. The van der Waals surface area contributed by atoms with Gasteiger partial charge >= 0.3 is 6.18 Å². The number of alkyl halides is 3. The predicted octanol–water partition coefficient (Wildman–Crippen LogP) is 2.88. The molecule has 0 spiro atoms. The molecule has 3 aromatic rings. The summed E-state index contributed by atoms with van der Waals surface area (Å²) in [5, 5.41) is 7.52. The molecule has 3 aromatic heterocycles. The van der Waals surface area contributed by atoms with Crippen LogP contribution < -0.4 is 0 Å². The summed E-state index contributed by atoms with van der Waals surface area (Å²) in [6.45, 7) is 1.98. The fourth-order valence-electron chi connectivity index (χ4n) is 3.26. The Kier molecular flexibility index (Phi) is 4.69. The predicted molar refractivity (Wildman–Crippen MR) is 94.4 cm³/mol. The van der Waals surface area contributed by atoms with Crippen LogP contribution in [0.1, 0.15) is 40.4 Å². The summed E-state index contributed by atoms with van der Waals surface area (Å²) in [5.41, 5.74) is -0.245. The Hall–Kier alpha value is -3.08. The minimum atomic E-state index is -4.76. The molecule has 0 aliphatic carbocycles. The first-order valence-corrected chi connectivity index (χ1v) is 8.90. The number of nitrogens with zero attached hydrogens (tertiary/aromatic N) is 7. The maximum absolute atomic E-state index is 13.1. The average molecular weight is 424 g/mol. The first-order valence-electron chi connectivity index (χ1n) is 8.52. The summed E-state index contributed by atoms with van der Waals surface area (Å²) in [6, 6.07) is 0.661. The van der Waals surface area contributed by atoms with Crippen molar-refractivity contribution in [3.63, 3.8) is 0 Å². The molecule has 1 amide bonds. The fourth-order valence-corrected chi connectivity index (χ4v) is 3.56. The minimum Gasteiger partial charge on any atom is -0.330 e. The molecule has 1 aliphatic rings. The Morgan fingerprint density at radius 3 is 2.72 bits per heavy atom. The zero-order valence-corrected chi connectivity index (χ0v) is 15.7. The van der Waals surface area contributed by atoms with E-state index in [2.05, 4.69) is 25.3 Å². The Morgan fingerprint density at radius 1 is 1.24 bits per heavy atom. The molecule has 0 unspecified atom stereocenters. The lowest BCUT2D eigenvalue weighted by Gasteiger charge is -2.33. The van der Waals surface area contributed by atoms with Crippen LogP contribution in [-0.4, -0.2) is 47.3 Å². The highest BCUT2D eigenvalue weighted by Crippen LogP contribution is 2.36. The summed E-state index contributed by atoms with van der Waals surface area (Å²) in [7, 11) is 0. The van der Waals surface area contributed by atoms with Crippen LogP contribution in [0.4, 0.5) is 13.2 Å². The Labute approximate surface area is 167 Å². The van der Waals surface area contributed by atoms with Crippen molar-refractivity contribution >= 4 is 17.5 Å². The number of fused-ring (bicyclic) bond motifs is 1. The number of pyridine rings is 1. The molecular weight excluding hydrogens is 411 g/mol. The van der Waals surface area contributed by atoms with Gasteiger partial charge in [-0.2, -0.15) is 17.9 Å². The van der Waals surface area contributed by atoms with E-state index < -0.39 is 28.8 Å². The Balaban J connectivity index is 1.66. The molecule has 150 valence electrons. The summed E-state index contributed by atoms with van der Waals surface area (Å²) >= 11 is 5.86. The number of hydrogen-bond acceptors (Lipinski definition) is 6. The number of amides is 1. The second-order valence-electron chi connectivity index (χ2n) is 6.34. The molecular formula is C17H13ClF3N7O. The normalized spacial score (nSPS) is 16.6. The Bertz CT molecular complexity index is 1070. The second-order valence-corrected chi connectivity index (χ2v) is 6.72. The zero-order valence-electron chi connectivity index (χ0n) is 14.9. The van der Waals surface area contributed by atoms with Gasteiger partial charge in [-0.1, -0.05) is 16.8 Å². The van der Waals surface area contributed by atoms with E-state index in [9.17, 15) is 18.0 Å². The molecule has 0 aromatic carbocycles. The standard InChI is InChI=1S/C17H13ClF3N7O/c1-9-14-11(28(26-25-14)12-8-22-5-6-23-12)3-7-27(9)16(29)10-2-4-24-15(13(10)18)17(19,20)21/h2,4-6,8-9H,3,7H2,1H3/t9-/m1/s1. The van der Waals surface area contributed by atoms with Gasteiger partial charge in [0, 0.05) is 31.6 Å². The number of rotatable bonds is 2. The first-order chi connectivity index (χ1) is 13.8. The lowest BCUT2D eigenvalue weighted by molar-refractivity contribution is -0.141. The third kappa shape index (κ3) is 3.31. The van der Waals surface area contributed by atoms with Crippen LogP contribution in [-0.2, 0) is 12.6 Å². The van der Waals surface area contributed by atoms with Gasteiger partial charge in [0.15, 0.2) is 11.5 Å². The summed E-state index contributed by atoms with van der Waals surface area (Å²) < 4.78 is 40.7. The third-order valence-corrected chi connectivity index (χ3v) is 5.04. The van der Waals surface area contributed by atoms with Gasteiger partial charge in [0.05, 0.1) is 28.5 Å². The fraction of sp³-hybridized carbons (Fsp3) is 0.294. The molecule has 0 radical (unpaired) electrons. The molecule has 1 atom stereocenters. The molecule has 0 bridgehead atoms.